The van der Waals surface area contributed by atoms with Crippen molar-refractivity contribution in [2.75, 3.05) is 13.2 Å². The highest BCUT2D eigenvalue weighted by molar-refractivity contribution is 6.46. The average Bonchev–Trinajstić information content (AvgIpc) is 3.25. The van der Waals surface area contributed by atoms with Crippen LogP contribution in [-0.4, -0.2) is 34.8 Å². The molecule has 0 aromatic heterocycles. The number of rotatable bonds is 10. The van der Waals surface area contributed by atoms with Gasteiger partial charge in [0.1, 0.15) is 12.4 Å². The van der Waals surface area contributed by atoms with Gasteiger partial charge >= 0.3 is 0 Å². The lowest BCUT2D eigenvalue weighted by atomic mass is 9.94. The zero-order valence-electron chi connectivity index (χ0n) is 22.6. The molecule has 7 heteroatoms. The van der Waals surface area contributed by atoms with Crippen molar-refractivity contribution in [1.82, 2.24) is 4.90 Å². The molecule has 6 nitrogen and oxygen atoms in total. The Morgan fingerprint density at radius 1 is 0.829 bits per heavy atom. The molecular formula is C34H30ClNO5. The third-order valence-corrected chi connectivity index (χ3v) is 7.21. The Balaban J connectivity index is 1.55. The molecular weight excluding hydrogens is 538 g/mol. The standard InChI is InChI=1S/C34H30ClNO5/c1-2-40-29-21-26(15-18-28(29)41-22-24-11-7-4-8-12-24)31-30(32(37)25-13-16-27(35)17-14-25)33(38)34(39)36(31)20-19-23-9-5-3-6-10-23/h3-18,21,31,37H,2,19-20,22H2,1H3. The summed E-state index contributed by atoms with van der Waals surface area (Å²) in [6.07, 6.45) is 0.544. The summed E-state index contributed by atoms with van der Waals surface area (Å²) < 4.78 is 12.0. The van der Waals surface area contributed by atoms with Crippen LogP contribution in [0.2, 0.25) is 5.02 Å². The van der Waals surface area contributed by atoms with Crippen molar-refractivity contribution in [2.45, 2.75) is 26.0 Å². The maximum Gasteiger partial charge on any atom is 0.295 e. The molecule has 0 aliphatic carbocycles. The van der Waals surface area contributed by atoms with Crippen LogP contribution in [0.5, 0.6) is 11.5 Å². The SMILES string of the molecule is CCOc1cc(C2C(=C(O)c3ccc(Cl)cc3)C(=O)C(=O)N2CCc2ccccc2)ccc1OCc1ccccc1. The quantitative estimate of drug-likeness (QED) is 0.127. The summed E-state index contributed by atoms with van der Waals surface area (Å²) in [6.45, 7) is 2.91. The molecule has 1 aliphatic heterocycles. The number of nitrogens with zero attached hydrogens (tertiary/aromatic N) is 1. The summed E-state index contributed by atoms with van der Waals surface area (Å²) in [5.74, 6) is -0.629. The Bertz CT molecular complexity index is 1550. The number of aliphatic hydroxyl groups is 1. The maximum atomic E-state index is 13.4. The lowest BCUT2D eigenvalue weighted by Gasteiger charge is -2.26. The smallest absolute Gasteiger partial charge is 0.295 e. The molecule has 1 amide bonds. The van der Waals surface area contributed by atoms with Crippen molar-refractivity contribution in [3.05, 3.63) is 136 Å². The number of likely N-dealkylation sites (tertiary alicyclic amines) is 1. The first kappa shape index (κ1) is 28.0. The number of benzene rings is 4. The van der Waals surface area contributed by atoms with E-state index in [9.17, 15) is 14.7 Å². The summed E-state index contributed by atoms with van der Waals surface area (Å²) in [7, 11) is 0. The van der Waals surface area contributed by atoms with E-state index in [1.165, 1.54) is 4.90 Å². The van der Waals surface area contributed by atoms with Crippen LogP contribution >= 0.6 is 11.6 Å². The van der Waals surface area contributed by atoms with E-state index in [0.717, 1.165) is 11.1 Å². The van der Waals surface area contributed by atoms with Crippen LogP contribution in [-0.2, 0) is 22.6 Å². The molecule has 0 radical (unpaired) electrons. The van der Waals surface area contributed by atoms with Gasteiger partial charge in [0.2, 0.25) is 0 Å². The molecule has 1 aliphatic rings. The van der Waals surface area contributed by atoms with E-state index in [0.29, 0.717) is 47.3 Å². The molecule has 0 bridgehead atoms. The third kappa shape index (κ3) is 6.28. The Morgan fingerprint density at radius 2 is 1.49 bits per heavy atom. The molecule has 1 saturated heterocycles. The molecule has 1 unspecified atom stereocenters. The number of Topliss-reactive ketones (excluding diaryl/α,β-unsaturated/α-hetero) is 1. The Hall–Kier alpha value is -4.55. The molecule has 1 fully saturated rings. The maximum absolute atomic E-state index is 13.4. The van der Waals surface area contributed by atoms with Crippen LogP contribution in [0.3, 0.4) is 0 Å². The van der Waals surface area contributed by atoms with Crippen LogP contribution in [0.15, 0.2) is 109 Å². The van der Waals surface area contributed by atoms with Crippen LogP contribution in [0.4, 0.5) is 0 Å². The fourth-order valence-corrected chi connectivity index (χ4v) is 5.06. The van der Waals surface area contributed by atoms with Crippen molar-refractivity contribution in [2.24, 2.45) is 0 Å². The van der Waals surface area contributed by atoms with Crippen molar-refractivity contribution < 1.29 is 24.2 Å². The van der Waals surface area contributed by atoms with Crippen molar-refractivity contribution >= 4 is 29.1 Å². The number of amides is 1. The summed E-state index contributed by atoms with van der Waals surface area (Å²) in [5.41, 5.74) is 3.09. The van der Waals surface area contributed by atoms with Crippen molar-refractivity contribution in [3.8, 4) is 11.5 Å². The van der Waals surface area contributed by atoms with Crippen LogP contribution in [0, 0.1) is 0 Å². The Morgan fingerprint density at radius 3 is 2.15 bits per heavy atom. The first-order valence-corrected chi connectivity index (χ1v) is 13.9. The van der Waals surface area contributed by atoms with Gasteiger partial charge in [-0.1, -0.05) is 78.3 Å². The molecule has 1 heterocycles. The molecule has 208 valence electrons. The van der Waals surface area contributed by atoms with E-state index in [2.05, 4.69) is 0 Å². The first-order valence-electron chi connectivity index (χ1n) is 13.5. The fraction of sp³-hybridized carbons (Fsp3) is 0.176. The Kier molecular flexibility index (Phi) is 8.70. The minimum absolute atomic E-state index is 0.0192. The van der Waals surface area contributed by atoms with E-state index in [1.54, 1.807) is 36.4 Å². The van der Waals surface area contributed by atoms with Gasteiger partial charge in [-0.15, -0.1) is 0 Å². The second-order valence-electron chi connectivity index (χ2n) is 9.65. The van der Waals surface area contributed by atoms with Crippen LogP contribution in [0.25, 0.3) is 5.76 Å². The first-order chi connectivity index (χ1) is 20.0. The fourth-order valence-electron chi connectivity index (χ4n) is 4.93. The summed E-state index contributed by atoms with van der Waals surface area (Å²) in [5, 5.41) is 11.8. The minimum Gasteiger partial charge on any atom is -0.507 e. The summed E-state index contributed by atoms with van der Waals surface area (Å²) >= 11 is 6.05. The molecule has 1 atom stereocenters. The number of ketones is 1. The monoisotopic (exact) mass is 567 g/mol. The van der Waals surface area contributed by atoms with E-state index < -0.39 is 17.7 Å². The number of halogens is 1. The normalized spacial score (nSPS) is 16.1. The van der Waals surface area contributed by atoms with Crippen molar-refractivity contribution in [1.29, 1.82) is 0 Å². The number of ether oxygens (including phenoxy) is 2. The largest absolute Gasteiger partial charge is 0.507 e. The minimum atomic E-state index is -0.822. The van der Waals surface area contributed by atoms with Gasteiger partial charge in [0.25, 0.3) is 11.7 Å². The molecule has 41 heavy (non-hydrogen) atoms. The third-order valence-electron chi connectivity index (χ3n) is 6.96. The van der Waals surface area contributed by atoms with Gasteiger partial charge in [-0.25, -0.2) is 0 Å². The van der Waals surface area contributed by atoms with E-state index >= 15 is 0 Å². The molecule has 1 N–H and O–H groups in total. The van der Waals surface area contributed by atoms with Gasteiger partial charge < -0.3 is 19.5 Å². The number of aliphatic hydroxyl groups excluding tert-OH is 1. The molecule has 5 rings (SSSR count). The van der Waals surface area contributed by atoms with Gasteiger partial charge in [0.15, 0.2) is 11.5 Å². The van der Waals surface area contributed by atoms with Gasteiger partial charge in [-0.3, -0.25) is 9.59 Å². The summed E-state index contributed by atoms with van der Waals surface area (Å²) in [6, 6.07) is 30.6. The highest BCUT2D eigenvalue weighted by Gasteiger charge is 2.46. The van der Waals surface area contributed by atoms with E-state index in [-0.39, 0.29) is 17.9 Å². The highest BCUT2D eigenvalue weighted by Crippen LogP contribution is 2.42. The number of carbonyl (C=O) groups excluding carboxylic acids is 2. The average molecular weight is 568 g/mol. The Labute approximate surface area is 244 Å². The lowest BCUT2D eigenvalue weighted by molar-refractivity contribution is -0.139. The zero-order chi connectivity index (χ0) is 28.8. The van der Waals surface area contributed by atoms with Gasteiger partial charge in [0, 0.05) is 17.1 Å². The second-order valence-corrected chi connectivity index (χ2v) is 10.1. The van der Waals surface area contributed by atoms with E-state index in [1.807, 2.05) is 73.7 Å². The zero-order valence-corrected chi connectivity index (χ0v) is 23.4. The molecule has 0 saturated carbocycles. The van der Waals surface area contributed by atoms with E-state index in [4.69, 9.17) is 21.1 Å². The second kappa shape index (κ2) is 12.7. The highest BCUT2D eigenvalue weighted by atomic mass is 35.5. The van der Waals surface area contributed by atoms with Gasteiger partial charge in [-0.05, 0) is 66.4 Å². The predicted octanol–water partition coefficient (Wildman–Crippen LogP) is 6.98. The van der Waals surface area contributed by atoms with Crippen LogP contribution in [0.1, 0.15) is 35.2 Å². The van der Waals surface area contributed by atoms with Gasteiger partial charge in [0.05, 0.1) is 18.2 Å². The number of carbonyl (C=O) groups is 2. The predicted molar refractivity (Wildman–Crippen MR) is 159 cm³/mol. The molecule has 4 aromatic rings. The summed E-state index contributed by atoms with van der Waals surface area (Å²) in [4.78, 5) is 28.4. The lowest BCUT2D eigenvalue weighted by Crippen LogP contribution is -2.31. The topological polar surface area (TPSA) is 76.1 Å². The molecule has 4 aromatic carbocycles. The van der Waals surface area contributed by atoms with Crippen molar-refractivity contribution in [3.63, 3.8) is 0 Å². The number of hydrogen-bond acceptors (Lipinski definition) is 5. The van der Waals surface area contributed by atoms with Gasteiger partial charge in [-0.2, -0.15) is 0 Å². The van der Waals surface area contributed by atoms with Crippen LogP contribution < -0.4 is 9.47 Å². The molecule has 0 spiro atoms. The number of hydrogen-bond donors (Lipinski definition) is 1.